The summed E-state index contributed by atoms with van der Waals surface area (Å²) in [5.41, 5.74) is 5.12. The van der Waals surface area contributed by atoms with E-state index in [2.05, 4.69) is 74.6 Å². The Balaban J connectivity index is 1.94. The summed E-state index contributed by atoms with van der Waals surface area (Å²) in [6.07, 6.45) is 4.12. The van der Waals surface area contributed by atoms with Crippen molar-refractivity contribution in [1.82, 2.24) is 5.32 Å². The Morgan fingerprint density at radius 2 is 1.75 bits per heavy atom. The van der Waals surface area contributed by atoms with Gasteiger partial charge in [0, 0.05) is 5.92 Å². The Kier molecular flexibility index (Phi) is 6.19. The minimum absolute atomic E-state index is 0.0177. The Bertz CT molecular complexity index is 855. The maximum absolute atomic E-state index is 12.7. The molecule has 0 spiro atoms. The van der Waals surface area contributed by atoms with Crippen molar-refractivity contribution in [3.05, 3.63) is 59.7 Å². The molecule has 1 saturated carbocycles. The van der Waals surface area contributed by atoms with Gasteiger partial charge < -0.3 is 5.32 Å². The van der Waals surface area contributed by atoms with Crippen molar-refractivity contribution in [3.8, 4) is 17.2 Å². The van der Waals surface area contributed by atoms with Crippen molar-refractivity contribution >= 4 is 5.91 Å². The first-order valence-electron chi connectivity index (χ1n) is 10.3. The number of hydrogen-bond acceptors (Lipinski definition) is 2. The number of carbonyl (C=O) groups excluding carboxylic acids is 1. The third kappa shape index (κ3) is 4.44. The molecule has 146 valence electrons. The molecule has 0 aliphatic heterocycles. The molecular weight excluding hydrogens is 344 g/mol. The first-order chi connectivity index (χ1) is 13.4. The number of carbonyl (C=O) groups is 1. The normalized spacial score (nSPS) is 19.6. The molecule has 2 aromatic carbocycles. The van der Waals surface area contributed by atoms with Crippen LogP contribution in [-0.2, 0) is 10.2 Å². The summed E-state index contributed by atoms with van der Waals surface area (Å²) in [6, 6.07) is 19.3. The first-order valence-corrected chi connectivity index (χ1v) is 10.3. The highest BCUT2D eigenvalue weighted by atomic mass is 16.1. The van der Waals surface area contributed by atoms with Crippen LogP contribution in [-0.4, -0.2) is 12.5 Å². The van der Waals surface area contributed by atoms with Crippen molar-refractivity contribution in [2.24, 2.45) is 5.92 Å². The van der Waals surface area contributed by atoms with E-state index in [0.29, 0.717) is 0 Å². The van der Waals surface area contributed by atoms with Gasteiger partial charge in [0.25, 0.3) is 0 Å². The largest absolute Gasteiger partial charge is 0.343 e. The topological polar surface area (TPSA) is 52.9 Å². The monoisotopic (exact) mass is 374 g/mol. The lowest BCUT2D eigenvalue weighted by Gasteiger charge is -2.32. The molecule has 1 N–H and O–H groups in total. The lowest BCUT2D eigenvalue weighted by atomic mass is 9.73. The standard InChI is InChI=1S/C25H30N2O/c1-25(2,3)19-14-12-18(13-15-19)20-8-4-5-9-21(20)22-10-6-7-11-23(22)24(28)27-17-16-26/h4-5,8-9,12-15,22-23H,6-7,10-11,17H2,1-3H3,(H,27,28)/t22?,23-/m1/s1. The SMILES string of the molecule is CC(C)(C)c1ccc(-c2ccccc2C2CCCC[C@H]2C(=O)NCC#N)cc1. The lowest BCUT2D eigenvalue weighted by Crippen LogP contribution is -2.36. The van der Waals surface area contributed by atoms with Crippen LogP contribution in [0.3, 0.4) is 0 Å². The van der Waals surface area contributed by atoms with Crippen LogP contribution in [0.2, 0.25) is 0 Å². The summed E-state index contributed by atoms with van der Waals surface area (Å²) < 4.78 is 0. The predicted octanol–water partition coefficient (Wildman–Crippen LogP) is 5.56. The average Bonchev–Trinajstić information content (AvgIpc) is 2.71. The Morgan fingerprint density at radius 3 is 2.43 bits per heavy atom. The molecule has 3 heteroatoms. The predicted molar refractivity (Wildman–Crippen MR) is 114 cm³/mol. The van der Waals surface area contributed by atoms with Gasteiger partial charge in [-0.1, -0.05) is 82.1 Å². The Morgan fingerprint density at radius 1 is 1.07 bits per heavy atom. The molecule has 0 radical (unpaired) electrons. The number of hydrogen-bond donors (Lipinski definition) is 1. The van der Waals surface area contributed by atoms with E-state index >= 15 is 0 Å². The van der Waals surface area contributed by atoms with Gasteiger partial charge in [-0.2, -0.15) is 5.26 Å². The molecule has 1 aliphatic rings. The maximum atomic E-state index is 12.7. The quantitative estimate of drug-likeness (QED) is 0.712. The van der Waals surface area contributed by atoms with Gasteiger partial charge in [-0.15, -0.1) is 0 Å². The highest BCUT2D eigenvalue weighted by molar-refractivity contribution is 5.81. The van der Waals surface area contributed by atoms with Crippen LogP contribution in [0.1, 0.15) is 63.5 Å². The highest BCUT2D eigenvalue weighted by Crippen LogP contribution is 2.42. The Labute approximate surface area is 168 Å². The second-order valence-corrected chi connectivity index (χ2v) is 8.79. The average molecular weight is 375 g/mol. The van der Waals surface area contributed by atoms with E-state index in [9.17, 15) is 4.79 Å². The van der Waals surface area contributed by atoms with Gasteiger partial charge in [0.1, 0.15) is 6.54 Å². The molecule has 0 bridgehead atoms. The zero-order chi connectivity index (χ0) is 20.1. The molecule has 3 nitrogen and oxygen atoms in total. The molecule has 1 amide bonds. The minimum Gasteiger partial charge on any atom is -0.343 e. The van der Waals surface area contributed by atoms with E-state index in [0.717, 1.165) is 25.7 Å². The first kappa shape index (κ1) is 20.1. The zero-order valence-electron chi connectivity index (χ0n) is 17.2. The number of nitrogens with zero attached hydrogens (tertiary/aromatic N) is 1. The summed E-state index contributed by atoms with van der Waals surface area (Å²) in [7, 11) is 0. The van der Waals surface area contributed by atoms with E-state index in [4.69, 9.17) is 5.26 Å². The fourth-order valence-electron chi connectivity index (χ4n) is 4.31. The molecule has 0 aromatic heterocycles. The number of benzene rings is 2. The summed E-state index contributed by atoms with van der Waals surface area (Å²) in [5, 5.41) is 11.6. The highest BCUT2D eigenvalue weighted by Gasteiger charge is 2.33. The summed E-state index contributed by atoms with van der Waals surface area (Å²) in [4.78, 5) is 12.7. The van der Waals surface area contributed by atoms with E-state index in [1.165, 1.54) is 22.3 Å². The van der Waals surface area contributed by atoms with Gasteiger partial charge >= 0.3 is 0 Å². The molecule has 0 heterocycles. The number of amides is 1. The van der Waals surface area contributed by atoms with Gasteiger partial charge in [-0.25, -0.2) is 0 Å². The van der Waals surface area contributed by atoms with Crippen LogP contribution < -0.4 is 5.32 Å². The Hall–Kier alpha value is -2.60. The van der Waals surface area contributed by atoms with Crippen molar-refractivity contribution in [3.63, 3.8) is 0 Å². The van der Waals surface area contributed by atoms with E-state index in [1.54, 1.807) is 0 Å². The summed E-state index contributed by atoms with van der Waals surface area (Å²) in [6.45, 7) is 6.76. The third-order valence-corrected chi connectivity index (χ3v) is 5.87. The van der Waals surface area contributed by atoms with Crippen LogP contribution in [0, 0.1) is 17.2 Å². The molecule has 1 aliphatic carbocycles. The van der Waals surface area contributed by atoms with Gasteiger partial charge in [0.05, 0.1) is 6.07 Å². The fourth-order valence-corrected chi connectivity index (χ4v) is 4.31. The van der Waals surface area contributed by atoms with Crippen LogP contribution in [0.4, 0.5) is 0 Å². The second kappa shape index (κ2) is 8.61. The fraction of sp³-hybridized carbons (Fsp3) is 0.440. The van der Waals surface area contributed by atoms with E-state index in [1.807, 2.05) is 6.07 Å². The smallest absolute Gasteiger partial charge is 0.224 e. The molecular formula is C25H30N2O. The van der Waals surface area contributed by atoms with Crippen LogP contribution in [0.15, 0.2) is 48.5 Å². The van der Waals surface area contributed by atoms with E-state index < -0.39 is 0 Å². The van der Waals surface area contributed by atoms with Crippen molar-refractivity contribution < 1.29 is 4.79 Å². The van der Waals surface area contributed by atoms with Crippen LogP contribution in [0.25, 0.3) is 11.1 Å². The van der Waals surface area contributed by atoms with Crippen LogP contribution in [0.5, 0.6) is 0 Å². The molecule has 1 fully saturated rings. The number of nitriles is 1. The molecule has 2 atom stereocenters. The van der Waals surface area contributed by atoms with Crippen molar-refractivity contribution in [2.45, 2.75) is 57.8 Å². The number of nitrogens with one attached hydrogen (secondary N) is 1. The molecule has 2 aromatic rings. The molecule has 0 saturated heterocycles. The third-order valence-electron chi connectivity index (χ3n) is 5.87. The van der Waals surface area contributed by atoms with Crippen molar-refractivity contribution in [2.75, 3.05) is 6.54 Å². The van der Waals surface area contributed by atoms with Crippen LogP contribution >= 0.6 is 0 Å². The van der Waals surface area contributed by atoms with E-state index in [-0.39, 0.29) is 29.7 Å². The number of rotatable bonds is 4. The molecule has 3 rings (SSSR count). The van der Waals surface area contributed by atoms with Gasteiger partial charge in [0.15, 0.2) is 0 Å². The molecule has 1 unspecified atom stereocenters. The van der Waals surface area contributed by atoms with Crippen molar-refractivity contribution in [1.29, 1.82) is 5.26 Å². The van der Waals surface area contributed by atoms with Gasteiger partial charge in [0.2, 0.25) is 5.91 Å². The van der Waals surface area contributed by atoms with Gasteiger partial charge in [-0.3, -0.25) is 4.79 Å². The van der Waals surface area contributed by atoms with Gasteiger partial charge in [-0.05, 0) is 46.4 Å². The lowest BCUT2D eigenvalue weighted by molar-refractivity contribution is -0.126. The summed E-state index contributed by atoms with van der Waals surface area (Å²) >= 11 is 0. The molecule has 28 heavy (non-hydrogen) atoms. The summed E-state index contributed by atoms with van der Waals surface area (Å²) in [5.74, 6) is 0.159. The maximum Gasteiger partial charge on any atom is 0.224 e. The second-order valence-electron chi connectivity index (χ2n) is 8.79. The minimum atomic E-state index is -0.0582. The zero-order valence-corrected chi connectivity index (χ0v) is 17.2.